The van der Waals surface area contributed by atoms with Crippen LogP contribution in [0.1, 0.15) is 11.1 Å². The van der Waals surface area contributed by atoms with Gasteiger partial charge in [-0.05, 0) is 41.5 Å². The number of ether oxygens (including phenoxy) is 2. The Morgan fingerprint density at radius 3 is 2.62 bits per heavy atom. The number of rotatable bonds is 7. The summed E-state index contributed by atoms with van der Waals surface area (Å²) in [4.78, 5) is 14.5. The maximum absolute atomic E-state index is 13.3. The van der Waals surface area contributed by atoms with Crippen molar-refractivity contribution in [2.75, 3.05) is 20.3 Å². The Bertz CT molecular complexity index is 961. The number of carbonyl (C=O) groups excluding carboxylic acids is 1. The Morgan fingerprint density at radius 2 is 1.97 bits per heavy atom. The molecular formula is C20H16Cl2FNO3S2. The fourth-order valence-electron chi connectivity index (χ4n) is 2.61. The second-order valence-corrected chi connectivity index (χ2v) is 8.55. The molecule has 0 bridgehead atoms. The van der Waals surface area contributed by atoms with Crippen molar-refractivity contribution in [3.63, 3.8) is 0 Å². The van der Waals surface area contributed by atoms with E-state index >= 15 is 0 Å². The molecule has 1 amide bonds. The van der Waals surface area contributed by atoms with E-state index in [4.69, 9.17) is 44.9 Å². The molecule has 3 rings (SSSR count). The van der Waals surface area contributed by atoms with Crippen molar-refractivity contribution in [3.8, 4) is 5.75 Å². The topological polar surface area (TPSA) is 38.8 Å². The van der Waals surface area contributed by atoms with Gasteiger partial charge >= 0.3 is 0 Å². The number of thiocarbonyl (C=S) groups is 1. The number of nitrogens with zero attached hydrogens (tertiary/aromatic N) is 1. The van der Waals surface area contributed by atoms with Crippen LogP contribution in [0.4, 0.5) is 4.39 Å². The first-order valence-electron chi connectivity index (χ1n) is 8.49. The van der Waals surface area contributed by atoms with Crippen LogP contribution in [0.25, 0.3) is 6.08 Å². The predicted molar refractivity (Wildman–Crippen MR) is 119 cm³/mol. The van der Waals surface area contributed by atoms with Crippen LogP contribution in [0.3, 0.4) is 0 Å². The molecule has 29 heavy (non-hydrogen) atoms. The first-order valence-corrected chi connectivity index (χ1v) is 10.5. The van der Waals surface area contributed by atoms with Crippen molar-refractivity contribution < 1.29 is 18.7 Å². The normalized spacial score (nSPS) is 15.4. The lowest BCUT2D eigenvalue weighted by Gasteiger charge is -2.13. The average molecular weight is 472 g/mol. The maximum atomic E-state index is 13.3. The van der Waals surface area contributed by atoms with Gasteiger partial charge in [0.1, 0.15) is 16.7 Å². The first-order chi connectivity index (χ1) is 13.9. The number of carbonyl (C=O) groups is 1. The molecule has 0 aliphatic carbocycles. The molecule has 0 radical (unpaired) electrons. The minimum atomic E-state index is -0.346. The summed E-state index contributed by atoms with van der Waals surface area (Å²) >= 11 is 19.1. The van der Waals surface area contributed by atoms with Crippen molar-refractivity contribution in [1.82, 2.24) is 4.90 Å². The molecule has 0 unspecified atom stereocenters. The SMILES string of the molecule is COCCN1C(=O)C(=Cc2cc(Cl)c(OCc3cccc(F)c3)c(Cl)c2)SC1=S. The molecule has 0 N–H and O–H groups in total. The van der Waals surface area contributed by atoms with E-state index < -0.39 is 0 Å². The number of thioether (sulfide) groups is 1. The van der Waals surface area contributed by atoms with Gasteiger partial charge in [0, 0.05) is 7.11 Å². The van der Waals surface area contributed by atoms with Crippen LogP contribution >= 0.6 is 47.2 Å². The average Bonchev–Trinajstić information content (AvgIpc) is 2.92. The van der Waals surface area contributed by atoms with Crippen molar-refractivity contribution in [2.24, 2.45) is 0 Å². The smallest absolute Gasteiger partial charge is 0.266 e. The van der Waals surface area contributed by atoms with Gasteiger partial charge in [0.2, 0.25) is 0 Å². The fourth-order valence-corrected chi connectivity index (χ4v) is 4.53. The summed E-state index contributed by atoms with van der Waals surface area (Å²) in [5, 5.41) is 0.574. The zero-order valence-electron chi connectivity index (χ0n) is 15.3. The molecule has 1 aliphatic heterocycles. The van der Waals surface area contributed by atoms with Crippen LogP contribution in [0, 0.1) is 5.82 Å². The first kappa shape index (κ1) is 22.1. The van der Waals surface area contributed by atoms with E-state index in [1.165, 1.54) is 28.8 Å². The van der Waals surface area contributed by atoms with Crippen LogP contribution in [0.15, 0.2) is 41.3 Å². The Hall–Kier alpha value is -1.64. The minimum Gasteiger partial charge on any atom is -0.486 e. The van der Waals surface area contributed by atoms with Crippen LogP contribution in [0.2, 0.25) is 10.0 Å². The number of hydrogen-bond acceptors (Lipinski definition) is 5. The fraction of sp³-hybridized carbons (Fsp3) is 0.200. The highest BCUT2D eigenvalue weighted by molar-refractivity contribution is 8.26. The van der Waals surface area contributed by atoms with Gasteiger partial charge in [0.05, 0.1) is 28.1 Å². The summed E-state index contributed by atoms with van der Waals surface area (Å²) in [5.41, 5.74) is 1.30. The zero-order chi connectivity index (χ0) is 21.0. The Kier molecular flexibility index (Phi) is 7.54. The number of benzene rings is 2. The Morgan fingerprint density at radius 1 is 1.24 bits per heavy atom. The molecule has 1 saturated heterocycles. The molecule has 1 aliphatic rings. The Labute approximate surface area is 187 Å². The van der Waals surface area contributed by atoms with Crippen LogP contribution < -0.4 is 4.74 Å². The van der Waals surface area contributed by atoms with E-state index in [-0.39, 0.29) is 28.4 Å². The van der Waals surface area contributed by atoms with Crippen LogP contribution in [-0.2, 0) is 16.1 Å². The van der Waals surface area contributed by atoms with Gasteiger partial charge in [0.25, 0.3) is 5.91 Å². The number of amides is 1. The third-order valence-corrected chi connectivity index (χ3v) is 5.92. The Balaban J connectivity index is 1.76. The minimum absolute atomic E-state index is 0.120. The maximum Gasteiger partial charge on any atom is 0.266 e. The van der Waals surface area contributed by atoms with E-state index in [2.05, 4.69) is 0 Å². The van der Waals surface area contributed by atoms with Crippen molar-refractivity contribution in [2.45, 2.75) is 6.61 Å². The molecule has 9 heteroatoms. The van der Waals surface area contributed by atoms with Gasteiger partial charge in [-0.2, -0.15) is 0 Å². The van der Waals surface area contributed by atoms with E-state index in [0.717, 1.165) is 0 Å². The van der Waals surface area contributed by atoms with Gasteiger partial charge in [-0.25, -0.2) is 4.39 Å². The molecule has 0 spiro atoms. The highest BCUT2D eigenvalue weighted by atomic mass is 35.5. The lowest BCUT2D eigenvalue weighted by atomic mass is 10.2. The molecule has 0 atom stereocenters. The van der Waals surface area contributed by atoms with Crippen molar-refractivity contribution >= 4 is 63.5 Å². The van der Waals surface area contributed by atoms with E-state index in [9.17, 15) is 9.18 Å². The molecule has 0 saturated carbocycles. The molecule has 1 fully saturated rings. The van der Waals surface area contributed by atoms with Gasteiger partial charge in [0.15, 0.2) is 5.75 Å². The molecule has 2 aromatic rings. The summed E-state index contributed by atoms with van der Waals surface area (Å²) in [5.74, 6) is -0.237. The summed E-state index contributed by atoms with van der Waals surface area (Å²) < 4.78 is 24.4. The molecule has 1 heterocycles. The standard InChI is InChI=1S/C20H16Cl2FNO3S2/c1-26-6-5-24-19(25)17(29-20(24)28)10-13-8-15(21)18(16(22)9-13)27-11-12-3-2-4-14(23)7-12/h2-4,7-10H,5-6,11H2,1H3. The molecule has 4 nitrogen and oxygen atoms in total. The van der Waals surface area contributed by atoms with E-state index in [1.807, 2.05) is 0 Å². The second-order valence-electron chi connectivity index (χ2n) is 6.06. The highest BCUT2D eigenvalue weighted by Crippen LogP contribution is 2.37. The summed E-state index contributed by atoms with van der Waals surface area (Å²) in [7, 11) is 1.56. The van der Waals surface area contributed by atoms with Crippen molar-refractivity contribution in [1.29, 1.82) is 0 Å². The van der Waals surface area contributed by atoms with Gasteiger partial charge < -0.3 is 9.47 Å². The third-order valence-electron chi connectivity index (χ3n) is 3.98. The molecule has 0 aromatic heterocycles. The zero-order valence-corrected chi connectivity index (χ0v) is 18.4. The van der Waals surface area contributed by atoms with Crippen LogP contribution in [-0.4, -0.2) is 35.4 Å². The monoisotopic (exact) mass is 471 g/mol. The second kappa shape index (κ2) is 9.91. The molecule has 2 aromatic carbocycles. The molecule has 152 valence electrons. The lowest BCUT2D eigenvalue weighted by Crippen LogP contribution is -2.31. The van der Waals surface area contributed by atoms with Crippen molar-refractivity contribution in [3.05, 3.63) is 68.3 Å². The summed E-state index contributed by atoms with van der Waals surface area (Å²) in [6, 6.07) is 9.37. The predicted octanol–water partition coefficient (Wildman–Crippen LogP) is 5.56. The number of hydrogen-bond donors (Lipinski definition) is 0. The van der Waals surface area contributed by atoms with Gasteiger partial charge in [-0.3, -0.25) is 9.69 Å². The number of halogens is 3. The van der Waals surface area contributed by atoms with E-state index in [1.54, 1.807) is 37.5 Å². The lowest BCUT2D eigenvalue weighted by molar-refractivity contribution is -0.122. The summed E-state index contributed by atoms with van der Waals surface area (Å²) in [6.07, 6.45) is 1.68. The summed E-state index contributed by atoms with van der Waals surface area (Å²) in [6.45, 7) is 0.913. The van der Waals surface area contributed by atoms with Gasteiger partial charge in [-0.1, -0.05) is 59.3 Å². The third kappa shape index (κ3) is 5.49. The number of methoxy groups -OCH3 is 1. The largest absolute Gasteiger partial charge is 0.486 e. The quantitative estimate of drug-likeness (QED) is 0.390. The van der Waals surface area contributed by atoms with E-state index in [0.29, 0.717) is 39.3 Å². The highest BCUT2D eigenvalue weighted by Gasteiger charge is 2.31. The van der Waals surface area contributed by atoms with Gasteiger partial charge in [-0.15, -0.1) is 0 Å². The molecular weight excluding hydrogens is 456 g/mol. The van der Waals surface area contributed by atoms with Crippen LogP contribution in [0.5, 0.6) is 5.75 Å².